The first-order valence-corrected chi connectivity index (χ1v) is 7.68. The highest BCUT2D eigenvalue weighted by atomic mass is 32.2. The lowest BCUT2D eigenvalue weighted by atomic mass is 9.92. The van der Waals surface area contributed by atoms with E-state index in [0.717, 1.165) is 11.3 Å². The molecule has 0 fully saturated rings. The number of sulfone groups is 1. The molecule has 17 heavy (non-hydrogen) atoms. The second-order valence-corrected chi connectivity index (χ2v) is 6.80. The van der Waals surface area contributed by atoms with Gasteiger partial charge in [0.25, 0.3) is 0 Å². The van der Waals surface area contributed by atoms with Gasteiger partial charge in [-0.05, 0) is 12.5 Å². The number of hydrogen-bond acceptors (Lipinski definition) is 4. The summed E-state index contributed by atoms with van der Waals surface area (Å²) < 4.78 is 27.8. The van der Waals surface area contributed by atoms with Crippen LogP contribution in [-0.2, 0) is 9.84 Å². The quantitative estimate of drug-likeness (QED) is 0.868. The lowest BCUT2D eigenvalue weighted by molar-refractivity contribution is 0.312. The maximum absolute atomic E-state index is 11.1. The average molecular weight is 255 g/mol. The van der Waals surface area contributed by atoms with Gasteiger partial charge in [0.15, 0.2) is 0 Å². The number of fused-ring (bicyclic) bond motifs is 1. The largest absolute Gasteiger partial charge is 0.493 e. The molecule has 2 rings (SSSR count). The normalized spacial score (nSPS) is 20.7. The molecule has 0 aliphatic carbocycles. The van der Waals surface area contributed by atoms with Crippen LogP contribution in [0.1, 0.15) is 17.9 Å². The van der Waals surface area contributed by atoms with Gasteiger partial charge in [-0.25, -0.2) is 8.42 Å². The van der Waals surface area contributed by atoms with Gasteiger partial charge in [0.05, 0.1) is 12.4 Å². The first-order valence-electron chi connectivity index (χ1n) is 5.62. The van der Waals surface area contributed by atoms with Crippen LogP contribution in [0.25, 0.3) is 0 Å². The Morgan fingerprint density at radius 2 is 2.18 bits per heavy atom. The van der Waals surface area contributed by atoms with Crippen LogP contribution in [0.4, 0.5) is 0 Å². The monoisotopic (exact) mass is 255 g/mol. The zero-order chi connectivity index (χ0) is 12.5. The van der Waals surface area contributed by atoms with Gasteiger partial charge in [-0.15, -0.1) is 0 Å². The fourth-order valence-corrected chi connectivity index (χ4v) is 2.79. The molecule has 0 radical (unpaired) electrons. The van der Waals surface area contributed by atoms with Crippen molar-refractivity contribution in [2.24, 2.45) is 5.73 Å². The van der Waals surface area contributed by atoms with Gasteiger partial charge in [0, 0.05) is 23.8 Å². The number of benzene rings is 1. The Morgan fingerprint density at radius 1 is 1.47 bits per heavy atom. The first kappa shape index (κ1) is 12.4. The van der Waals surface area contributed by atoms with Crippen LogP contribution in [0.2, 0.25) is 0 Å². The highest BCUT2D eigenvalue weighted by Crippen LogP contribution is 2.35. The second kappa shape index (κ2) is 4.66. The van der Waals surface area contributed by atoms with E-state index in [2.05, 4.69) is 0 Å². The summed E-state index contributed by atoms with van der Waals surface area (Å²) in [5.41, 5.74) is 7.15. The molecule has 5 heteroatoms. The molecule has 1 heterocycles. The van der Waals surface area contributed by atoms with Crippen LogP contribution < -0.4 is 10.5 Å². The Hall–Kier alpha value is -1.07. The van der Waals surface area contributed by atoms with E-state index >= 15 is 0 Å². The smallest absolute Gasteiger partial charge is 0.147 e. The van der Waals surface area contributed by atoms with E-state index < -0.39 is 9.84 Å². The summed E-state index contributed by atoms with van der Waals surface area (Å²) in [5.74, 6) is 1.10. The van der Waals surface area contributed by atoms with Crippen LogP contribution in [0.3, 0.4) is 0 Å². The molecular formula is C12H17NO3S. The molecule has 2 atom stereocenters. The van der Waals surface area contributed by atoms with Crippen molar-refractivity contribution in [1.29, 1.82) is 0 Å². The minimum Gasteiger partial charge on any atom is -0.493 e. The predicted octanol–water partition coefficient (Wildman–Crippen LogP) is 0.925. The molecule has 0 saturated heterocycles. The van der Waals surface area contributed by atoms with Crippen molar-refractivity contribution in [3.8, 4) is 5.75 Å². The summed E-state index contributed by atoms with van der Waals surface area (Å²) in [4.78, 5) is 0. The van der Waals surface area contributed by atoms with Crippen molar-refractivity contribution in [2.45, 2.75) is 18.4 Å². The van der Waals surface area contributed by atoms with E-state index in [-0.39, 0.29) is 17.7 Å². The Labute approximate surface area is 102 Å². The molecule has 1 aliphatic rings. The molecular weight excluding hydrogens is 238 g/mol. The minimum absolute atomic E-state index is 0.105. The van der Waals surface area contributed by atoms with E-state index in [0.29, 0.717) is 13.0 Å². The number of rotatable bonds is 4. The van der Waals surface area contributed by atoms with Crippen LogP contribution in [-0.4, -0.2) is 33.1 Å². The summed E-state index contributed by atoms with van der Waals surface area (Å²) in [6.45, 7) is 0.546. The zero-order valence-electron chi connectivity index (χ0n) is 9.80. The van der Waals surface area contributed by atoms with Crippen molar-refractivity contribution in [2.75, 3.05) is 18.6 Å². The molecule has 4 nitrogen and oxygen atoms in total. The van der Waals surface area contributed by atoms with E-state index in [4.69, 9.17) is 10.5 Å². The number of nitrogens with two attached hydrogens (primary N) is 1. The highest BCUT2D eigenvalue weighted by Gasteiger charge is 2.29. The number of para-hydroxylation sites is 1. The SMILES string of the molecule is CS(=O)(=O)CCC(N)C1COc2ccccc21. The summed E-state index contributed by atoms with van der Waals surface area (Å²) in [7, 11) is -2.95. The maximum Gasteiger partial charge on any atom is 0.147 e. The van der Waals surface area contributed by atoms with Gasteiger partial charge >= 0.3 is 0 Å². The van der Waals surface area contributed by atoms with Crippen LogP contribution in [0, 0.1) is 0 Å². The van der Waals surface area contributed by atoms with Crippen molar-refractivity contribution < 1.29 is 13.2 Å². The van der Waals surface area contributed by atoms with Crippen LogP contribution >= 0.6 is 0 Å². The van der Waals surface area contributed by atoms with Gasteiger partial charge in [-0.2, -0.15) is 0 Å². The van der Waals surface area contributed by atoms with E-state index in [1.165, 1.54) is 6.26 Å². The molecule has 1 aromatic carbocycles. The number of hydrogen-bond donors (Lipinski definition) is 1. The Balaban J connectivity index is 2.05. The first-order chi connectivity index (χ1) is 7.97. The van der Waals surface area contributed by atoms with Crippen LogP contribution in [0.15, 0.2) is 24.3 Å². The molecule has 0 aromatic heterocycles. The third kappa shape index (κ3) is 2.98. The molecule has 2 N–H and O–H groups in total. The summed E-state index contributed by atoms with van der Waals surface area (Å²) >= 11 is 0. The van der Waals surface area contributed by atoms with Gasteiger partial charge < -0.3 is 10.5 Å². The third-order valence-electron chi connectivity index (χ3n) is 3.08. The van der Waals surface area contributed by atoms with Crippen molar-refractivity contribution in [1.82, 2.24) is 0 Å². The Morgan fingerprint density at radius 3 is 2.88 bits per heavy atom. The van der Waals surface area contributed by atoms with E-state index in [1.54, 1.807) is 0 Å². The molecule has 0 saturated carbocycles. The summed E-state index contributed by atoms with van der Waals surface area (Å²) in [6.07, 6.45) is 1.71. The van der Waals surface area contributed by atoms with E-state index in [9.17, 15) is 8.42 Å². The lowest BCUT2D eigenvalue weighted by Crippen LogP contribution is -2.31. The average Bonchev–Trinajstić information content (AvgIpc) is 2.68. The second-order valence-electron chi connectivity index (χ2n) is 4.54. The molecule has 2 unspecified atom stereocenters. The third-order valence-corrected chi connectivity index (χ3v) is 4.05. The molecule has 94 valence electrons. The fourth-order valence-electron chi connectivity index (χ4n) is 2.09. The Kier molecular flexibility index (Phi) is 3.40. The highest BCUT2D eigenvalue weighted by molar-refractivity contribution is 7.90. The number of ether oxygens (including phenoxy) is 1. The van der Waals surface area contributed by atoms with Gasteiger partial charge in [-0.1, -0.05) is 18.2 Å². The Bertz CT molecular complexity index is 498. The van der Waals surface area contributed by atoms with E-state index in [1.807, 2.05) is 24.3 Å². The molecule has 0 bridgehead atoms. The van der Waals surface area contributed by atoms with Crippen LogP contribution in [0.5, 0.6) is 5.75 Å². The topological polar surface area (TPSA) is 69.4 Å². The van der Waals surface area contributed by atoms with Crippen molar-refractivity contribution in [3.05, 3.63) is 29.8 Å². The molecule has 0 amide bonds. The lowest BCUT2D eigenvalue weighted by Gasteiger charge is -2.17. The molecule has 0 spiro atoms. The molecule has 1 aliphatic heterocycles. The fraction of sp³-hybridized carbons (Fsp3) is 0.500. The molecule has 1 aromatic rings. The van der Waals surface area contributed by atoms with Gasteiger partial charge in [0.2, 0.25) is 0 Å². The maximum atomic E-state index is 11.1. The zero-order valence-corrected chi connectivity index (χ0v) is 10.6. The predicted molar refractivity (Wildman–Crippen MR) is 67.0 cm³/mol. The van der Waals surface area contributed by atoms with Crippen molar-refractivity contribution in [3.63, 3.8) is 0 Å². The summed E-state index contributed by atoms with van der Waals surface area (Å²) in [5, 5.41) is 0. The minimum atomic E-state index is -2.95. The standard InChI is InChI=1S/C12H17NO3S/c1-17(14,15)7-6-11(13)10-8-16-12-5-3-2-4-9(10)12/h2-5,10-11H,6-8,13H2,1H3. The van der Waals surface area contributed by atoms with Gasteiger partial charge in [-0.3, -0.25) is 0 Å². The van der Waals surface area contributed by atoms with Crippen molar-refractivity contribution >= 4 is 9.84 Å². The van der Waals surface area contributed by atoms with Gasteiger partial charge in [0.1, 0.15) is 15.6 Å². The summed E-state index contributed by atoms with van der Waals surface area (Å²) in [6, 6.07) is 7.60.